The largest absolute Gasteiger partial charge is 0.446 e. The quantitative estimate of drug-likeness (QED) is 0.893. The number of hydrogen-bond donors (Lipinski definition) is 1. The Hall–Kier alpha value is -2.03. The summed E-state index contributed by atoms with van der Waals surface area (Å²) in [5.41, 5.74) is 0.797. The van der Waals surface area contributed by atoms with Crippen LogP contribution in [-0.2, 0) is 4.74 Å². The van der Waals surface area contributed by atoms with Crippen molar-refractivity contribution in [2.45, 2.75) is 25.9 Å². The lowest BCUT2D eigenvalue weighted by Gasteiger charge is -2.14. The molecule has 1 atom stereocenters. The van der Waals surface area contributed by atoms with Crippen LogP contribution in [0.15, 0.2) is 42.5 Å². The van der Waals surface area contributed by atoms with Crippen LogP contribution in [0.4, 0.5) is 10.5 Å². The van der Waals surface area contributed by atoms with Gasteiger partial charge in [-0.2, -0.15) is 0 Å². The predicted molar refractivity (Wildman–Crippen MR) is 76.2 cm³/mol. The molecule has 1 saturated carbocycles. The number of carbonyl (C=O) groups is 1. The average molecular weight is 255 g/mol. The van der Waals surface area contributed by atoms with Crippen molar-refractivity contribution in [2.75, 3.05) is 5.32 Å². The number of anilines is 1. The molecule has 19 heavy (non-hydrogen) atoms. The van der Waals surface area contributed by atoms with Crippen molar-refractivity contribution < 1.29 is 9.53 Å². The highest BCUT2D eigenvalue weighted by Crippen LogP contribution is 2.34. The maximum Gasteiger partial charge on any atom is 0.411 e. The predicted octanol–water partition coefficient (Wildman–Crippen LogP) is 4.19. The van der Waals surface area contributed by atoms with Crippen molar-refractivity contribution in [1.82, 2.24) is 0 Å². The standard InChI is InChI=1S/C16H17NO2/c1-11(12-9-10-12)19-16(18)17-15-8-4-6-13-5-2-3-7-14(13)15/h2-8,11-12H,9-10H2,1H3,(H,17,18). The van der Waals surface area contributed by atoms with Crippen LogP contribution in [0.1, 0.15) is 19.8 Å². The fraction of sp³-hybridized carbons (Fsp3) is 0.312. The van der Waals surface area contributed by atoms with E-state index in [9.17, 15) is 4.79 Å². The highest BCUT2D eigenvalue weighted by Gasteiger charge is 2.30. The monoisotopic (exact) mass is 255 g/mol. The van der Waals surface area contributed by atoms with Crippen molar-refractivity contribution >= 4 is 22.6 Å². The number of hydrogen-bond acceptors (Lipinski definition) is 2. The van der Waals surface area contributed by atoms with Crippen molar-refractivity contribution in [3.8, 4) is 0 Å². The van der Waals surface area contributed by atoms with Gasteiger partial charge in [-0.3, -0.25) is 5.32 Å². The van der Waals surface area contributed by atoms with E-state index in [4.69, 9.17) is 4.74 Å². The Morgan fingerprint density at radius 1 is 1.21 bits per heavy atom. The van der Waals surface area contributed by atoms with Crippen LogP contribution in [0.2, 0.25) is 0 Å². The minimum absolute atomic E-state index is 0.00924. The molecule has 1 N–H and O–H groups in total. The smallest absolute Gasteiger partial charge is 0.411 e. The third-order valence-corrected chi connectivity index (χ3v) is 3.61. The number of rotatable bonds is 3. The zero-order valence-electron chi connectivity index (χ0n) is 10.9. The molecular formula is C16H17NO2. The number of nitrogens with one attached hydrogen (secondary N) is 1. The number of benzene rings is 2. The van der Waals surface area contributed by atoms with Gasteiger partial charge in [0.15, 0.2) is 0 Å². The fourth-order valence-electron chi connectivity index (χ4n) is 2.30. The van der Waals surface area contributed by atoms with Crippen LogP contribution >= 0.6 is 0 Å². The van der Waals surface area contributed by atoms with Crippen LogP contribution < -0.4 is 5.32 Å². The third kappa shape index (κ3) is 2.70. The minimum Gasteiger partial charge on any atom is -0.446 e. The first-order valence-corrected chi connectivity index (χ1v) is 6.69. The van der Waals surface area contributed by atoms with E-state index in [1.807, 2.05) is 49.4 Å². The molecule has 0 radical (unpaired) electrons. The summed E-state index contributed by atoms with van der Waals surface area (Å²) in [6.45, 7) is 1.96. The molecule has 2 aromatic carbocycles. The second kappa shape index (κ2) is 4.92. The molecule has 0 aromatic heterocycles. The molecule has 0 aliphatic heterocycles. The van der Waals surface area contributed by atoms with E-state index in [1.54, 1.807) is 0 Å². The van der Waals surface area contributed by atoms with Gasteiger partial charge in [-0.1, -0.05) is 36.4 Å². The van der Waals surface area contributed by atoms with Gasteiger partial charge < -0.3 is 4.74 Å². The maximum atomic E-state index is 11.9. The number of carbonyl (C=O) groups excluding carboxylic acids is 1. The molecule has 1 aliphatic carbocycles. The highest BCUT2D eigenvalue weighted by atomic mass is 16.6. The second-order valence-corrected chi connectivity index (χ2v) is 5.10. The minimum atomic E-state index is -0.365. The Kier molecular flexibility index (Phi) is 3.11. The van der Waals surface area contributed by atoms with E-state index in [2.05, 4.69) is 5.32 Å². The first-order valence-electron chi connectivity index (χ1n) is 6.69. The van der Waals surface area contributed by atoms with Gasteiger partial charge in [0, 0.05) is 5.39 Å². The topological polar surface area (TPSA) is 38.3 Å². The van der Waals surface area contributed by atoms with E-state index in [0.29, 0.717) is 5.92 Å². The summed E-state index contributed by atoms with van der Waals surface area (Å²) >= 11 is 0. The van der Waals surface area contributed by atoms with Crippen molar-refractivity contribution in [3.05, 3.63) is 42.5 Å². The lowest BCUT2D eigenvalue weighted by Crippen LogP contribution is -2.21. The number of ether oxygens (including phenoxy) is 1. The van der Waals surface area contributed by atoms with Crippen molar-refractivity contribution in [3.63, 3.8) is 0 Å². The van der Waals surface area contributed by atoms with Gasteiger partial charge in [0.2, 0.25) is 0 Å². The molecule has 3 nitrogen and oxygen atoms in total. The van der Waals surface area contributed by atoms with E-state index < -0.39 is 0 Å². The summed E-state index contributed by atoms with van der Waals surface area (Å²) in [5.74, 6) is 0.554. The van der Waals surface area contributed by atoms with E-state index in [0.717, 1.165) is 16.5 Å². The molecule has 3 heteroatoms. The number of fused-ring (bicyclic) bond motifs is 1. The van der Waals surface area contributed by atoms with Gasteiger partial charge in [0.05, 0.1) is 5.69 Å². The van der Waals surface area contributed by atoms with Gasteiger partial charge in [-0.05, 0) is 37.1 Å². The Morgan fingerprint density at radius 2 is 1.95 bits per heavy atom. The molecule has 1 fully saturated rings. The summed E-state index contributed by atoms with van der Waals surface area (Å²) in [6, 6.07) is 13.8. The molecular weight excluding hydrogens is 238 g/mol. The fourth-order valence-corrected chi connectivity index (χ4v) is 2.30. The van der Waals surface area contributed by atoms with Crippen LogP contribution in [0.5, 0.6) is 0 Å². The van der Waals surface area contributed by atoms with Crippen LogP contribution in [0, 0.1) is 5.92 Å². The molecule has 3 rings (SSSR count). The summed E-state index contributed by atoms with van der Waals surface area (Å²) in [4.78, 5) is 11.9. The molecule has 0 heterocycles. The van der Waals surface area contributed by atoms with Crippen molar-refractivity contribution in [2.24, 2.45) is 5.92 Å². The SMILES string of the molecule is CC(OC(=O)Nc1cccc2ccccc12)C1CC1. The summed E-state index contributed by atoms with van der Waals surface area (Å²) in [5, 5.41) is 4.97. The Morgan fingerprint density at radius 3 is 2.74 bits per heavy atom. The highest BCUT2D eigenvalue weighted by molar-refractivity contribution is 6.00. The molecule has 2 aromatic rings. The lowest BCUT2D eigenvalue weighted by molar-refractivity contribution is 0.108. The normalized spacial score (nSPS) is 16.1. The zero-order chi connectivity index (χ0) is 13.2. The summed E-state index contributed by atoms with van der Waals surface area (Å²) < 4.78 is 5.38. The van der Waals surface area contributed by atoms with Gasteiger partial charge in [-0.25, -0.2) is 4.79 Å². The molecule has 1 amide bonds. The molecule has 0 bridgehead atoms. The summed E-state index contributed by atoms with van der Waals surface area (Å²) in [6.07, 6.45) is 1.98. The van der Waals surface area contributed by atoms with Crippen LogP contribution in [-0.4, -0.2) is 12.2 Å². The summed E-state index contributed by atoms with van der Waals surface area (Å²) in [7, 11) is 0. The average Bonchev–Trinajstić information content (AvgIpc) is 3.23. The van der Waals surface area contributed by atoms with E-state index in [1.165, 1.54) is 12.8 Å². The van der Waals surface area contributed by atoms with Crippen LogP contribution in [0.3, 0.4) is 0 Å². The lowest BCUT2D eigenvalue weighted by atomic mass is 10.1. The maximum absolute atomic E-state index is 11.9. The first kappa shape index (κ1) is 12.0. The Balaban J connectivity index is 1.75. The van der Waals surface area contributed by atoms with Crippen LogP contribution in [0.25, 0.3) is 10.8 Å². The van der Waals surface area contributed by atoms with Gasteiger partial charge in [0.1, 0.15) is 6.10 Å². The second-order valence-electron chi connectivity index (χ2n) is 5.10. The van der Waals surface area contributed by atoms with Crippen molar-refractivity contribution in [1.29, 1.82) is 0 Å². The number of amides is 1. The molecule has 98 valence electrons. The Labute approximate surface area is 112 Å². The Bertz CT molecular complexity index is 599. The first-order chi connectivity index (χ1) is 9.24. The molecule has 1 unspecified atom stereocenters. The molecule has 0 saturated heterocycles. The zero-order valence-corrected chi connectivity index (χ0v) is 10.9. The van der Waals surface area contributed by atoms with Gasteiger partial charge in [-0.15, -0.1) is 0 Å². The van der Waals surface area contributed by atoms with Gasteiger partial charge >= 0.3 is 6.09 Å². The van der Waals surface area contributed by atoms with E-state index >= 15 is 0 Å². The third-order valence-electron chi connectivity index (χ3n) is 3.61. The van der Waals surface area contributed by atoms with Gasteiger partial charge in [0.25, 0.3) is 0 Å². The molecule has 1 aliphatic rings. The molecule has 0 spiro atoms. The van der Waals surface area contributed by atoms with E-state index in [-0.39, 0.29) is 12.2 Å².